The normalized spacial score (nSPS) is 10.0. The molecule has 0 aliphatic carbocycles. The van der Waals surface area contributed by atoms with Crippen molar-refractivity contribution in [3.8, 4) is 17.5 Å². The van der Waals surface area contributed by atoms with E-state index in [1.807, 2.05) is 48.1 Å². The number of benzene rings is 2. The summed E-state index contributed by atoms with van der Waals surface area (Å²) in [6.07, 6.45) is 1.94. The number of nitrogens with zero attached hydrogens (tertiary/aromatic N) is 2. The van der Waals surface area contributed by atoms with Crippen LogP contribution in [-0.2, 0) is 0 Å². The van der Waals surface area contributed by atoms with Gasteiger partial charge in [-0.1, -0.05) is 11.8 Å². The highest BCUT2D eigenvalue weighted by atomic mass is 19.1. The molecule has 0 amide bonds. The quantitative estimate of drug-likeness (QED) is 0.746. The zero-order chi connectivity index (χ0) is 16.1. The third-order valence-corrected chi connectivity index (χ3v) is 3.31. The minimum absolute atomic E-state index is 0.249. The van der Waals surface area contributed by atoms with Gasteiger partial charge in [0, 0.05) is 17.4 Å². The molecule has 1 aromatic heterocycles. The van der Waals surface area contributed by atoms with Gasteiger partial charge in [-0.2, -0.15) is 5.10 Å². The molecular formula is C19H16FN3. The number of halogens is 1. The maximum Gasteiger partial charge on any atom is 0.123 e. The minimum Gasteiger partial charge on any atom is -0.374 e. The van der Waals surface area contributed by atoms with E-state index in [2.05, 4.69) is 22.3 Å². The Morgan fingerprint density at radius 3 is 2.43 bits per heavy atom. The van der Waals surface area contributed by atoms with Crippen LogP contribution < -0.4 is 5.32 Å². The van der Waals surface area contributed by atoms with Gasteiger partial charge >= 0.3 is 0 Å². The van der Waals surface area contributed by atoms with E-state index in [0.29, 0.717) is 6.54 Å². The van der Waals surface area contributed by atoms with E-state index in [-0.39, 0.29) is 5.82 Å². The summed E-state index contributed by atoms with van der Waals surface area (Å²) in [7, 11) is 0. The number of hydrogen-bond acceptors (Lipinski definition) is 2. The van der Waals surface area contributed by atoms with Crippen molar-refractivity contribution < 1.29 is 4.39 Å². The Labute approximate surface area is 134 Å². The second-order valence-electron chi connectivity index (χ2n) is 5.11. The van der Waals surface area contributed by atoms with E-state index in [1.165, 1.54) is 12.1 Å². The Morgan fingerprint density at radius 2 is 1.78 bits per heavy atom. The maximum atomic E-state index is 12.8. The molecule has 0 saturated heterocycles. The summed E-state index contributed by atoms with van der Waals surface area (Å²) in [4.78, 5) is 0. The molecule has 3 nitrogen and oxygen atoms in total. The zero-order valence-electron chi connectivity index (χ0n) is 12.8. The van der Waals surface area contributed by atoms with Crippen molar-refractivity contribution in [3.63, 3.8) is 0 Å². The van der Waals surface area contributed by atoms with Crippen LogP contribution in [0, 0.1) is 24.6 Å². The maximum absolute atomic E-state index is 12.8. The van der Waals surface area contributed by atoms with Crippen molar-refractivity contribution in [1.82, 2.24) is 9.78 Å². The Hall–Kier alpha value is -3.06. The SMILES string of the molecule is Cc1ccn(-c2ccc(NCC#Cc3ccc(F)cc3)cc2)n1. The number of hydrogen-bond donors (Lipinski definition) is 1. The summed E-state index contributed by atoms with van der Waals surface area (Å²) in [5.74, 6) is 5.76. The van der Waals surface area contributed by atoms with Crippen LogP contribution in [0.15, 0.2) is 60.8 Å². The molecular weight excluding hydrogens is 289 g/mol. The molecule has 0 radical (unpaired) electrons. The number of nitrogens with one attached hydrogen (secondary N) is 1. The third-order valence-electron chi connectivity index (χ3n) is 3.31. The molecule has 0 spiro atoms. The summed E-state index contributed by atoms with van der Waals surface area (Å²) in [6.45, 7) is 2.49. The summed E-state index contributed by atoms with van der Waals surface area (Å²) >= 11 is 0. The van der Waals surface area contributed by atoms with Gasteiger partial charge in [-0.3, -0.25) is 0 Å². The standard InChI is InChI=1S/C19H16FN3/c1-15-12-14-23(22-15)19-10-8-18(9-11-19)21-13-2-3-16-4-6-17(20)7-5-16/h4-12,14,21H,13H2,1H3. The smallest absolute Gasteiger partial charge is 0.123 e. The fourth-order valence-corrected chi connectivity index (χ4v) is 2.12. The van der Waals surface area contributed by atoms with Crippen molar-refractivity contribution in [3.05, 3.63) is 77.9 Å². The molecule has 1 N–H and O–H groups in total. The second kappa shape index (κ2) is 6.80. The highest BCUT2D eigenvalue weighted by Gasteiger charge is 1.98. The highest BCUT2D eigenvalue weighted by Crippen LogP contribution is 2.12. The lowest BCUT2D eigenvalue weighted by Crippen LogP contribution is -2.00. The van der Waals surface area contributed by atoms with Gasteiger partial charge in [-0.25, -0.2) is 9.07 Å². The molecule has 0 bridgehead atoms. The van der Waals surface area contributed by atoms with E-state index in [9.17, 15) is 4.39 Å². The van der Waals surface area contributed by atoms with Crippen molar-refractivity contribution in [2.24, 2.45) is 0 Å². The molecule has 0 unspecified atom stereocenters. The molecule has 0 saturated carbocycles. The Kier molecular flexibility index (Phi) is 4.39. The number of aryl methyl sites for hydroxylation is 1. The Bertz CT molecular complexity index is 837. The second-order valence-corrected chi connectivity index (χ2v) is 5.11. The van der Waals surface area contributed by atoms with Crippen LogP contribution in [0.1, 0.15) is 11.3 Å². The number of aromatic nitrogens is 2. The minimum atomic E-state index is -0.249. The molecule has 0 aliphatic rings. The highest BCUT2D eigenvalue weighted by molar-refractivity contribution is 5.49. The van der Waals surface area contributed by atoms with Gasteiger partial charge < -0.3 is 5.32 Å². The van der Waals surface area contributed by atoms with E-state index < -0.39 is 0 Å². The fourth-order valence-electron chi connectivity index (χ4n) is 2.12. The van der Waals surface area contributed by atoms with Crippen molar-refractivity contribution in [2.45, 2.75) is 6.92 Å². The van der Waals surface area contributed by atoms with E-state index in [4.69, 9.17) is 0 Å². The molecule has 0 atom stereocenters. The number of rotatable bonds is 3. The predicted molar refractivity (Wildman–Crippen MR) is 90.1 cm³/mol. The zero-order valence-corrected chi connectivity index (χ0v) is 12.8. The lowest BCUT2D eigenvalue weighted by Gasteiger charge is -2.05. The first-order valence-electron chi connectivity index (χ1n) is 7.32. The lowest BCUT2D eigenvalue weighted by molar-refractivity contribution is 0.627. The van der Waals surface area contributed by atoms with Crippen LogP contribution in [0.5, 0.6) is 0 Å². The topological polar surface area (TPSA) is 29.9 Å². The molecule has 2 aromatic carbocycles. The van der Waals surface area contributed by atoms with Gasteiger partial charge in [0.05, 0.1) is 17.9 Å². The molecule has 1 heterocycles. The van der Waals surface area contributed by atoms with Crippen LogP contribution in [-0.4, -0.2) is 16.3 Å². The van der Waals surface area contributed by atoms with E-state index >= 15 is 0 Å². The average molecular weight is 305 g/mol. The molecule has 114 valence electrons. The molecule has 3 rings (SSSR count). The van der Waals surface area contributed by atoms with Gasteiger partial charge in [-0.15, -0.1) is 0 Å². The molecule has 4 heteroatoms. The van der Waals surface area contributed by atoms with Gasteiger partial charge in [0.2, 0.25) is 0 Å². The van der Waals surface area contributed by atoms with Gasteiger partial charge in [-0.05, 0) is 61.5 Å². The van der Waals surface area contributed by atoms with E-state index in [0.717, 1.165) is 22.6 Å². The van der Waals surface area contributed by atoms with Gasteiger partial charge in [0.25, 0.3) is 0 Å². The molecule has 23 heavy (non-hydrogen) atoms. The third kappa shape index (κ3) is 3.98. The molecule has 0 fully saturated rings. The van der Waals surface area contributed by atoms with Gasteiger partial charge in [0.1, 0.15) is 5.82 Å². The molecule has 0 aliphatic heterocycles. The number of anilines is 1. The fraction of sp³-hybridized carbons (Fsp3) is 0.105. The van der Waals surface area contributed by atoms with Crippen molar-refractivity contribution in [2.75, 3.05) is 11.9 Å². The Balaban J connectivity index is 1.58. The summed E-state index contributed by atoms with van der Waals surface area (Å²) in [6, 6.07) is 16.1. The summed E-state index contributed by atoms with van der Waals surface area (Å²) in [5, 5.41) is 7.61. The average Bonchev–Trinajstić information content (AvgIpc) is 3.00. The van der Waals surface area contributed by atoms with Crippen molar-refractivity contribution >= 4 is 5.69 Å². The van der Waals surface area contributed by atoms with Crippen molar-refractivity contribution in [1.29, 1.82) is 0 Å². The first kappa shape index (κ1) is 14.9. The van der Waals surface area contributed by atoms with Crippen LogP contribution in [0.25, 0.3) is 5.69 Å². The lowest BCUT2D eigenvalue weighted by atomic mass is 10.2. The first-order valence-corrected chi connectivity index (χ1v) is 7.32. The van der Waals surface area contributed by atoms with Crippen LogP contribution in [0.4, 0.5) is 10.1 Å². The summed E-state index contributed by atoms with van der Waals surface area (Å²) in [5.41, 5.74) is 3.80. The summed E-state index contributed by atoms with van der Waals surface area (Å²) < 4.78 is 14.6. The Morgan fingerprint density at radius 1 is 1.04 bits per heavy atom. The first-order chi connectivity index (χ1) is 11.2. The van der Waals surface area contributed by atoms with Crippen LogP contribution >= 0.6 is 0 Å². The predicted octanol–water partition coefficient (Wildman–Crippen LogP) is 3.78. The van der Waals surface area contributed by atoms with E-state index in [1.54, 1.807) is 12.1 Å². The van der Waals surface area contributed by atoms with Crippen LogP contribution in [0.3, 0.4) is 0 Å². The van der Waals surface area contributed by atoms with Gasteiger partial charge in [0.15, 0.2) is 0 Å². The monoisotopic (exact) mass is 305 g/mol. The molecule has 3 aromatic rings. The largest absolute Gasteiger partial charge is 0.374 e. The van der Waals surface area contributed by atoms with Crippen LogP contribution in [0.2, 0.25) is 0 Å².